The van der Waals surface area contributed by atoms with Gasteiger partial charge in [0.1, 0.15) is 44.2 Å². The third-order valence-electron chi connectivity index (χ3n) is 5.96. The van der Waals surface area contributed by atoms with E-state index in [0.29, 0.717) is 19.6 Å². The van der Waals surface area contributed by atoms with Crippen LogP contribution in [0.2, 0.25) is 0 Å². The van der Waals surface area contributed by atoms with Crippen molar-refractivity contribution in [2.45, 2.75) is 26.6 Å². The van der Waals surface area contributed by atoms with Gasteiger partial charge < -0.3 is 19.2 Å². The number of benzene rings is 2. The first-order valence-corrected chi connectivity index (χ1v) is 11.1. The molecule has 1 fully saturated rings. The molecule has 162 valence electrons. The Morgan fingerprint density at radius 2 is 1.45 bits per heavy atom. The van der Waals surface area contributed by atoms with Gasteiger partial charge in [0.15, 0.2) is 6.54 Å². The van der Waals surface area contributed by atoms with Gasteiger partial charge in [-0.1, -0.05) is 65.8 Å². The lowest BCUT2D eigenvalue weighted by atomic mass is 10.1. The molecule has 0 saturated carbocycles. The number of aryl methyl sites for hydroxylation is 1. The van der Waals surface area contributed by atoms with E-state index in [2.05, 4.69) is 29.4 Å². The van der Waals surface area contributed by atoms with Crippen LogP contribution in [0, 0.1) is 6.92 Å². The molecule has 0 aliphatic carbocycles. The number of hydrogen-bond donors (Lipinski definition) is 2. The fourth-order valence-corrected chi connectivity index (χ4v) is 4.23. The van der Waals surface area contributed by atoms with Gasteiger partial charge in [-0.05, 0) is 18.1 Å². The minimum Gasteiger partial charge on any atom is -0.361 e. The number of nitrogens with zero attached hydrogens (tertiary/aromatic N) is 2. The summed E-state index contributed by atoms with van der Waals surface area (Å²) in [5.41, 5.74) is 3.35. The van der Waals surface area contributed by atoms with E-state index in [1.807, 2.05) is 54.3 Å². The molecule has 2 aromatic carbocycles. The summed E-state index contributed by atoms with van der Waals surface area (Å²) < 4.78 is 5.19. The van der Waals surface area contributed by atoms with E-state index >= 15 is 0 Å². The van der Waals surface area contributed by atoms with Crippen LogP contribution in [0.25, 0.3) is 0 Å². The van der Waals surface area contributed by atoms with E-state index in [4.69, 9.17) is 4.52 Å². The SMILES string of the molecule is Cc1cc(C[NH+]2CC[NH+](CC(=O)N(Cc3ccccc3)Cc3ccccc3)CC2)no1. The number of quaternary nitrogens is 2. The largest absolute Gasteiger partial charge is 0.361 e. The molecule has 31 heavy (non-hydrogen) atoms. The lowest BCUT2D eigenvalue weighted by Gasteiger charge is -2.31. The zero-order valence-electron chi connectivity index (χ0n) is 18.2. The van der Waals surface area contributed by atoms with Gasteiger partial charge in [0.25, 0.3) is 5.91 Å². The second-order valence-electron chi connectivity index (χ2n) is 8.50. The van der Waals surface area contributed by atoms with Crippen molar-refractivity contribution in [2.24, 2.45) is 0 Å². The Morgan fingerprint density at radius 3 is 1.97 bits per heavy atom. The van der Waals surface area contributed by atoms with Crippen LogP contribution in [0.1, 0.15) is 22.6 Å². The third-order valence-corrected chi connectivity index (χ3v) is 5.96. The standard InChI is InChI=1S/C25H30N4O2/c1-21-16-24(26-31-21)19-27-12-14-28(15-13-27)20-25(30)29(17-22-8-4-2-5-9-22)18-23-10-6-3-7-11-23/h2-11,16H,12-15,17-20H2,1H3/p+2. The quantitative estimate of drug-likeness (QED) is 0.558. The highest BCUT2D eigenvalue weighted by atomic mass is 16.5. The molecule has 4 rings (SSSR count). The summed E-state index contributed by atoms with van der Waals surface area (Å²) in [5.74, 6) is 1.08. The molecule has 0 atom stereocenters. The van der Waals surface area contributed by atoms with Crippen molar-refractivity contribution in [1.82, 2.24) is 10.1 Å². The first-order chi connectivity index (χ1) is 15.2. The summed E-state index contributed by atoms with van der Waals surface area (Å²) in [5, 5.41) is 4.12. The maximum atomic E-state index is 13.3. The third kappa shape index (κ3) is 6.26. The van der Waals surface area contributed by atoms with E-state index in [0.717, 1.165) is 44.2 Å². The Balaban J connectivity index is 1.33. The summed E-state index contributed by atoms with van der Waals surface area (Å²) in [6.07, 6.45) is 0. The molecule has 3 aromatic rings. The molecule has 0 bridgehead atoms. The lowest BCUT2D eigenvalue weighted by Crippen LogP contribution is -3.28. The van der Waals surface area contributed by atoms with Crippen LogP contribution in [0.5, 0.6) is 0 Å². The molecule has 0 spiro atoms. The van der Waals surface area contributed by atoms with Crippen LogP contribution in [0.3, 0.4) is 0 Å². The van der Waals surface area contributed by atoms with Crippen molar-refractivity contribution in [3.63, 3.8) is 0 Å². The second-order valence-corrected chi connectivity index (χ2v) is 8.50. The van der Waals surface area contributed by atoms with Crippen molar-refractivity contribution in [3.05, 3.63) is 89.3 Å². The van der Waals surface area contributed by atoms with Crippen molar-refractivity contribution < 1.29 is 19.1 Å². The number of rotatable bonds is 8. The average Bonchev–Trinajstić information content (AvgIpc) is 3.20. The van der Waals surface area contributed by atoms with Crippen molar-refractivity contribution in [1.29, 1.82) is 0 Å². The molecule has 1 aliphatic rings. The van der Waals surface area contributed by atoms with Gasteiger partial charge in [0.2, 0.25) is 0 Å². The molecule has 2 N–H and O–H groups in total. The first kappa shape index (κ1) is 21.3. The molecule has 1 saturated heterocycles. The number of amides is 1. The highest BCUT2D eigenvalue weighted by Gasteiger charge is 2.27. The van der Waals surface area contributed by atoms with Gasteiger partial charge in [-0.25, -0.2) is 0 Å². The lowest BCUT2D eigenvalue weighted by molar-refractivity contribution is -1.02. The molecule has 0 radical (unpaired) electrons. The summed E-state index contributed by atoms with van der Waals surface area (Å²) >= 11 is 0. The molecule has 1 aliphatic heterocycles. The Hall–Kier alpha value is -2.96. The smallest absolute Gasteiger partial charge is 0.278 e. The van der Waals surface area contributed by atoms with Crippen LogP contribution in [0.4, 0.5) is 0 Å². The second kappa shape index (κ2) is 10.4. The van der Waals surface area contributed by atoms with Gasteiger partial charge in [0.05, 0.1) is 0 Å². The van der Waals surface area contributed by atoms with E-state index in [-0.39, 0.29) is 5.91 Å². The number of aromatic nitrogens is 1. The van der Waals surface area contributed by atoms with Gasteiger partial charge in [-0.2, -0.15) is 0 Å². The van der Waals surface area contributed by atoms with Crippen LogP contribution < -0.4 is 9.80 Å². The first-order valence-electron chi connectivity index (χ1n) is 11.1. The fourth-order valence-electron chi connectivity index (χ4n) is 4.23. The summed E-state index contributed by atoms with van der Waals surface area (Å²) in [6.45, 7) is 8.76. The molecular weight excluding hydrogens is 388 g/mol. The van der Waals surface area contributed by atoms with Crippen LogP contribution in [-0.4, -0.2) is 48.7 Å². The molecule has 6 nitrogen and oxygen atoms in total. The Labute approximate surface area is 184 Å². The molecule has 1 amide bonds. The van der Waals surface area contributed by atoms with E-state index < -0.39 is 0 Å². The molecule has 6 heteroatoms. The highest BCUT2D eigenvalue weighted by Crippen LogP contribution is 2.10. The van der Waals surface area contributed by atoms with Crippen molar-refractivity contribution in [3.8, 4) is 0 Å². The number of nitrogens with one attached hydrogen (secondary N) is 2. The summed E-state index contributed by atoms with van der Waals surface area (Å²) in [7, 11) is 0. The average molecular weight is 421 g/mol. The number of carbonyl (C=O) groups is 1. The molecule has 2 heterocycles. The molecule has 0 unspecified atom stereocenters. The minimum absolute atomic E-state index is 0.221. The number of carbonyl (C=O) groups excluding carboxylic acids is 1. The van der Waals surface area contributed by atoms with E-state index in [9.17, 15) is 4.79 Å². The van der Waals surface area contributed by atoms with Crippen molar-refractivity contribution in [2.75, 3.05) is 32.7 Å². The molecular formula is C25H32N4O2+2. The summed E-state index contributed by atoms with van der Waals surface area (Å²) in [6, 6.07) is 22.5. The maximum absolute atomic E-state index is 13.3. The topological polar surface area (TPSA) is 55.2 Å². The van der Waals surface area contributed by atoms with Gasteiger partial charge >= 0.3 is 0 Å². The van der Waals surface area contributed by atoms with E-state index in [1.165, 1.54) is 20.9 Å². The van der Waals surface area contributed by atoms with Gasteiger partial charge in [0, 0.05) is 19.2 Å². The Bertz CT molecular complexity index is 908. The maximum Gasteiger partial charge on any atom is 0.278 e. The van der Waals surface area contributed by atoms with Crippen LogP contribution in [0.15, 0.2) is 71.3 Å². The predicted molar refractivity (Wildman–Crippen MR) is 118 cm³/mol. The molecule has 1 aromatic heterocycles. The Kier molecular flexibility index (Phi) is 7.12. The summed E-state index contributed by atoms with van der Waals surface area (Å²) in [4.78, 5) is 18.1. The predicted octanol–water partition coefficient (Wildman–Crippen LogP) is 0.495. The fraction of sp³-hybridized carbons (Fsp3) is 0.360. The number of hydrogen-bond acceptors (Lipinski definition) is 3. The number of piperazine rings is 1. The monoisotopic (exact) mass is 420 g/mol. The zero-order valence-corrected chi connectivity index (χ0v) is 18.2. The van der Waals surface area contributed by atoms with Crippen LogP contribution in [-0.2, 0) is 24.4 Å². The zero-order chi connectivity index (χ0) is 21.5. The van der Waals surface area contributed by atoms with Crippen LogP contribution >= 0.6 is 0 Å². The van der Waals surface area contributed by atoms with E-state index in [1.54, 1.807) is 0 Å². The van der Waals surface area contributed by atoms with Crippen molar-refractivity contribution >= 4 is 5.91 Å². The normalized spacial score (nSPS) is 18.6. The minimum atomic E-state index is 0.221. The highest BCUT2D eigenvalue weighted by molar-refractivity contribution is 5.77. The van der Waals surface area contributed by atoms with Gasteiger partial charge in [-0.15, -0.1) is 0 Å². The van der Waals surface area contributed by atoms with Gasteiger partial charge in [-0.3, -0.25) is 4.79 Å². The Morgan fingerprint density at radius 1 is 0.903 bits per heavy atom.